The van der Waals surface area contributed by atoms with E-state index in [4.69, 9.17) is 0 Å². The number of aliphatic carboxylic acids is 2. The van der Waals surface area contributed by atoms with Crippen LogP contribution >= 0.6 is 0 Å². The van der Waals surface area contributed by atoms with Crippen molar-refractivity contribution < 1.29 is 19.8 Å². The molecule has 4 nitrogen and oxygen atoms in total. The SMILES string of the molecule is CC(CC1C2CC3CC(C2)CC1C3)(C(=O)O)C(=O)O. The van der Waals surface area contributed by atoms with Gasteiger partial charge in [0, 0.05) is 0 Å². The fourth-order valence-electron chi connectivity index (χ4n) is 5.11. The van der Waals surface area contributed by atoms with Gasteiger partial charge in [0.2, 0.25) is 0 Å². The average Bonchev–Trinajstić information content (AvgIpc) is 2.32. The van der Waals surface area contributed by atoms with Crippen LogP contribution in [0.25, 0.3) is 0 Å². The molecule has 0 amide bonds. The molecule has 0 aromatic carbocycles. The maximum Gasteiger partial charge on any atom is 0.320 e. The third-order valence-corrected chi connectivity index (χ3v) is 6.01. The molecule has 106 valence electrons. The molecule has 4 heteroatoms. The van der Waals surface area contributed by atoms with Gasteiger partial charge in [0.05, 0.1) is 0 Å². The molecule has 4 aliphatic rings. The molecule has 4 fully saturated rings. The van der Waals surface area contributed by atoms with Gasteiger partial charge in [0.15, 0.2) is 5.41 Å². The van der Waals surface area contributed by atoms with E-state index in [1.165, 1.54) is 39.0 Å². The Morgan fingerprint density at radius 2 is 1.37 bits per heavy atom. The first-order chi connectivity index (χ1) is 8.90. The molecule has 4 saturated carbocycles. The Balaban J connectivity index is 1.80. The van der Waals surface area contributed by atoms with Crippen molar-refractivity contribution in [2.45, 2.75) is 45.4 Å². The molecule has 4 bridgehead atoms. The molecule has 0 saturated heterocycles. The van der Waals surface area contributed by atoms with Gasteiger partial charge in [0.25, 0.3) is 0 Å². The third-order valence-electron chi connectivity index (χ3n) is 6.01. The Morgan fingerprint density at radius 3 is 1.74 bits per heavy atom. The lowest BCUT2D eigenvalue weighted by atomic mass is 9.50. The highest BCUT2D eigenvalue weighted by Gasteiger charge is 2.53. The highest BCUT2D eigenvalue weighted by Crippen LogP contribution is 2.58. The number of hydrogen-bond acceptors (Lipinski definition) is 2. The van der Waals surface area contributed by atoms with Crippen LogP contribution in [-0.4, -0.2) is 22.2 Å². The quantitative estimate of drug-likeness (QED) is 0.767. The van der Waals surface area contributed by atoms with E-state index in [-0.39, 0.29) is 0 Å². The van der Waals surface area contributed by atoms with Gasteiger partial charge in [0.1, 0.15) is 0 Å². The smallest absolute Gasteiger partial charge is 0.320 e. The molecule has 0 aliphatic heterocycles. The van der Waals surface area contributed by atoms with Gasteiger partial charge in [-0.15, -0.1) is 0 Å². The largest absolute Gasteiger partial charge is 0.480 e. The normalized spacial score (nSPS) is 40.4. The molecular weight excluding hydrogens is 244 g/mol. The van der Waals surface area contributed by atoms with Crippen LogP contribution < -0.4 is 0 Å². The summed E-state index contributed by atoms with van der Waals surface area (Å²) in [6.45, 7) is 1.38. The second-order valence-electron chi connectivity index (χ2n) is 7.24. The van der Waals surface area contributed by atoms with Crippen molar-refractivity contribution in [3.63, 3.8) is 0 Å². The van der Waals surface area contributed by atoms with Crippen LogP contribution in [0.5, 0.6) is 0 Å². The van der Waals surface area contributed by atoms with Gasteiger partial charge in [-0.05, 0) is 75.0 Å². The summed E-state index contributed by atoms with van der Waals surface area (Å²) in [5, 5.41) is 18.6. The lowest BCUT2D eigenvalue weighted by Crippen LogP contribution is -2.49. The average molecular weight is 266 g/mol. The molecule has 0 unspecified atom stereocenters. The summed E-state index contributed by atoms with van der Waals surface area (Å²) in [5.41, 5.74) is -1.61. The summed E-state index contributed by atoms with van der Waals surface area (Å²) >= 11 is 0. The van der Waals surface area contributed by atoms with E-state index in [9.17, 15) is 19.8 Å². The molecule has 0 radical (unpaired) electrons. The van der Waals surface area contributed by atoms with Crippen LogP contribution in [0.3, 0.4) is 0 Å². The third kappa shape index (κ3) is 1.96. The van der Waals surface area contributed by atoms with Crippen LogP contribution in [0.1, 0.15) is 45.4 Å². The van der Waals surface area contributed by atoms with Gasteiger partial charge in [-0.25, -0.2) is 0 Å². The Hall–Kier alpha value is -1.06. The molecular formula is C15H22O4. The first-order valence-corrected chi connectivity index (χ1v) is 7.37. The van der Waals surface area contributed by atoms with E-state index in [1.54, 1.807) is 0 Å². The summed E-state index contributed by atoms with van der Waals surface area (Å²) in [7, 11) is 0. The van der Waals surface area contributed by atoms with Gasteiger partial charge in [-0.1, -0.05) is 0 Å². The Morgan fingerprint density at radius 1 is 0.947 bits per heavy atom. The number of rotatable bonds is 4. The second-order valence-corrected chi connectivity index (χ2v) is 7.24. The molecule has 19 heavy (non-hydrogen) atoms. The van der Waals surface area contributed by atoms with Gasteiger partial charge < -0.3 is 10.2 Å². The fourth-order valence-corrected chi connectivity index (χ4v) is 5.11. The topological polar surface area (TPSA) is 74.6 Å². The summed E-state index contributed by atoms with van der Waals surface area (Å²) < 4.78 is 0. The molecule has 0 atom stereocenters. The van der Waals surface area contributed by atoms with Crippen molar-refractivity contribution in [2.24, 2.45) is 35.0 Å². The van der Waals surface area contributed by atoms with E-state index in [2.05, 4.69) is 0 Å². The second kappa shape index (κ2) is 4.22. The molecule has 2 N–H and O–H groups in total. The monoisotopic (exact) mass is 266 g/mol. The van der Waals surface area contributed by atoms with E-state index in [0.717, 1.165) is 11.8 Å². The van der Waals surface area contributed by atoms with Gasteiger partial charge in [-0.2, -0.15) is 0 Å². The number of hydrogen-bond donors (Lipinski definition) is 2. The van der Waals surface area contributed by atoms with Crippen LogP contribution in [0, 0.1) is 35.0 Å². The van der Waals surface area contributed by atoms with Gasteiger partial charge in [-0.3, -0.25) is 9.59 Å². The zero-order valence-corrected chi connectivity index (χ0v) is 11.3. The van der Waals surface area contributed by atoms with Crippen LogP contribution in [0.4, 0.5) is 0 Å². The minimum atomic E-state index is -1.61. The molecule has 4 aliphatic carbocycles. The first-order valence-electron chi connectivity index (χ1n) is 7.37. The van der Waals surface area contributed by atoms with Crippen molar-refractivity contribution >= 4 is 11.9 Å². The van der Waals surface area contributed by atoms with Crippen molar-refractivity contribution in [1.82, 2.24) is 0 Å². The maximum atomic E-state index is 11.3. The van der Waals surface area contributed by atoms with E-state index in [1.807, 2.05) is 0 Å². The van der Waals surface area contributed by atoms with Crippen LogP contribution in [0.2, 0.25) is 0 Å². The minimum Gasteiger partial charge on any atom is -0.480 e. The Kier molecular flexibility index (Phi) is 2.88. The van der Waals surface area contributed by atoms with E-state index >= 15 is 0 Å². The maximum absolute atomic E-state index is 11.3. The highest BCUT2D eigenvalue weighted by molar-refractivity contribution is 5.97. The van der Waals surface area contributed by atoms with Crippen LogP contribution in [0.15, 0.2) is 0 Å². The van der Waals surface area contributed by atoms with E-state index < -0.39 is 17.4 Å². The predicted octanol–water partition coefficient (Wildman–Crippen LogP) is 2.62. The Bertz CT molecular complexity index is 372. The molecule has 0 heterocycles. The van der Waals surface area contributed by atoms with Crippen molar-refractivity contribution in [3.05, 3.63) is 0 Å². The standard InChI is InChI=1S/C15H22O4/c1-15(13(16)17,14(18)19)7-12-10-3-8-2-9(5-10)6-11(12)4-8/h8-12H,2-7H2,1H3,(H,16,17)(H,18,19). The zero-order chi connectivity index (χ0) is 13.8. The highest BCUT2D eigenvalue weighted by atomic mass is 16.4. The Labute approximate surface area is 113 Å². The van der Waals surface area contributed by atoms with E-state index in [0.29, 0.717) is 24.2 Å². The zero-order valence-electron chi connectivity index (χ0n) is 11.3. The lowest BCUT2D eigenvalue weighted by Gasteiger charge is -2.55. The number of carboxylic acids is 2. The van der Waals surface area contributed by atoms with Gasteiger partial charge >= 0.3 is 11.9 Å². The van der Waals surface area contributed by atoms with Crippen molar-refractivity contribution in [2.75, 3.05) is 0 Å². The van der Waals surface area contributed by atoms with Crippen molar-refractivity contribution in [1.29, 1.82) is 0 Å². The summed E-state index contributed by atoms with van der Waals surface area (Å²) in [4.78, 5) is 22.7. The summed E-state index contributed by atoms with van der Waals surface area (Å²) in [6.07, 6.45) is 6.47. The number of carbonyl (C=O) groups is 2. The fraction of sp³-hybridized carbons (Fsp3) is 0.867. The molecule has 0 aromatic rings. The molecule has 4 rings (SSSR count). The summed E-state index contributed by atoms with van der Waals surface area (Å²) in [6, 6.07) is 0. The summed E-state index contributed by atoms with van der Waals surface area (Å²) in [5.74, 6) is 0.760. The number of carboxylic acid groups (broad SMARTS) is 2. The minimum absolute atomic E-state index is 0.310. The first kappa shape index (κ1) is 12.9. The van der Waals surface area contributed by atoms with Crippen LogP contribution in [-0.2, 0) is 9.59 Å². The van der Waals surface area contributed by atoms with Crippen molar-refractivity contribution in [3.8, 4) is 0 Å². The molecule has 0 spiro atoms. The predicted molar refractivity (Wildman–Crippen MR) is 68.5 cm³/mol. The molecule has 0 aromatic heterocycles. The lowest BCUT2D eigenvalue weighted by molar-refractivity contribution is -0.167.